The third-order valence-electron chi connectivity index (χ3n) is 5.72. The number of rotatable bonds is 10. The summed E-state index contributed by atoms with van der Waals surface area (Å²) < 4.78 is 17.2. The first-order valence-corrected chi connectivity index (χ1v) is 11.6. The van der Waals surface area contributed by atoms with Crippen LogP contribution < -0.4 is 20.1 Å². The van der Waals surface area contributed by atoms with Crippen LogP contribution in [-0.2, 0) is 11.3 Å². The monoisotopic (exact) mass is 439 g/mol. The van der Waals surface area contributed by atoms with Crippen LogP contribution in [0.2, 0.25) is 0 Å². The number of nitrogens with one attached hydrogen (secondary N) is 2. The molecule has 6 heteroatoms. The van der Waals surface area contributed by atoms with Crippen LogP contribution in [0, 0.1) is 12.8 Å². The molecule has 0 amide bonds. The lowest BCUT2D eigenvalue weighted by atomic mass is 10.0. The number of aliphatic imine (C=N–C) groups is 1. The van der Waals surface area contributed by atoms with Gasteiger partial charge in [-0.15, -0.1) is 0 Å². The fraction of sp³-hybridized carbons (Fsp3) is 0.500. The Morgan fingerprint density at radius 3 is 2.78 bits per heavy atom. The molecule has 0 aromatic heterocycles. The molecule has 6 nitrogen and oxygen atoms in total. The first-order chi connectivity index (χ1) is 15.6. The first kappa shape index (κ1) is 23.9. The molecule has 0 bridgehead atoms. The van der Waals surface area contributed by atoms with Crippen molar-refractivity contribution in [3.05, 3.63) is 59.2 Å². The minimum atomic E-state index is 0.280. The lowest BCUT2D eigenvalue weighted by molar-refractivity contribution is 0.166. The summed E-state index contributed by atoms with van der Waals surface area (Å²) in [5, 5.41) is 6.82. The van der Waals surface area contributed by atoms with Gasteiger partial charge < -0.3 is 24.8 Å². The summed E-state index contributed by atoms with van der Waals surface area (Å²) in [6.07, 6.45) is 1.07. The molecule has 0 aliphatic carbocycles. The molecule has 1 aliphatic rings. The molecule has 2 aromatic rings. The van der Waals surface area contributed by atoms with E-state index in [1.165, 1.54) is 11.1 Å². The fourth-order valence-corrected chi connectivity index (χ4v) is 3.79. The maximum atomic E-state index is 6.17. The average Bonchev–Trinajstić information content (AvgIpc) is 3.33. The predicted octanol–water partition coefficient (Wildman–Crippen LogP) is 4.28. The Morgan fingerprint density at radius 2 is 2.03 bits per heavy atom. The van der Waals surface area contributed by atoms with Gasteiger partial charge in [0.2, 0.25) is 0 Å². The number of benzene rings is 2. The highest BCUT2D eigenvalue weighted by Gasteiger charge is 2.17. The van der Waals surface area contributed by atoms with Gasteiger partial charge in [0, 0.05) is 37.1 Å². The molecular formula is C26H37N3O3. The number of hydrogen-bond donors (Lipinski definition) is 2. The maximum absolute atomic E-state index is 6.17. The van der Waals surface area contributed by atoms with Crippen LogP contribution in [0.25, 0.3) is 0 Å². The third-order valence-corrected chi connectivity index (χ3v) is 5.72. The highest BCUT2D eigenvalue weighted by molar-refractivity contribution is 5.79. The van der Waals surface area contributed by atoms with Gasteiger partial charge in [0.15, 0.2) is 5.96 Å². The Labute approximate surface area is 192 Å². The number of guanidine groups is 1. The quantitative estimate of drug-likeness (QED) is 0.427. The Morgan fingerprint density at radius 1 is 1.19 bits per heavy atom. The number of methoxy groups -OCH3 is 1. The van der Waals surface area contributed by atoms with Crippen molar-refractivity contribution in [2.45, 2.75) is 39.7 Å². The second-order valence-electron chi connectivity index (χ2n) is 8.37. The van der Waals surface area contributed by atoms with Gasteiger partial charge in [-0.3, -0.25) is 0 Å². The van der Waals surface area contributed by atoms with Crippen LogP contribution in [0.5, 0.6) is 11.5 Å². The molecule has 1 aliphatic heterocycles. The van der Waals surface area contributed by atoms with Crippen LogP contribution >= 0.6 is 0 Å². The Balaban J connectivity index is 1.64. The van der Waals surface area contributed by atoms with E-state index in [1.807, 2.05) is 18.2 Å². The van der Waals surface area contributed by atoms with Gasteiger partial charge in [-0.1, -0.05) is 37.3 Å². The SMILES string of the molecule is CCNC(=NCc1ccc(C)cc1OCC1CCOC1)NCC(C)c1ccccc1OC. The third kappa shape index (κ3) is 6.89. The Bertz CT molecular complexity index is 878. The summed E-state index contributed by atoms with van der Waals surface area (Å²) in [5.41, 5.74) is 3.46. The van der Waals surface area contributed by atoms with Crippen molar-refractivity contribution in [2.75, 3.05) is 40.0 Å². The number of para-hydroxylation sites is 1. The average molecular weight is 440 g/mol. The van der Waals surface area contributed by atoms with Gasteiger partial charge in [0.25, 0.3) is 0 Å². The van der Waals surface area contributed by atoms with Crippen molar-refractivity contribution >= 4 is 5.96 Å². The number of nitrogens with zero attached hydrogens (tertiary/aromatic N) is 1. The Kier molecular flexibility index (Phi) is 9.23. The number of aryl methyl sites for hydroxylation is 1. The van der Waals surface area contributed by atoms with E-state index in [1.54, 1.807) is 7.11 Å². The largest absolute Gasteiger partial charge is 0.496 e. The van der Waals surface area contributed by atoms with Gasteiger partial charge in [0.05, 0.1) is 26.9 Å². The van der Waals surface area contributed by atoms with E-state index < -0.39 is 0 Å². The summed E-state index contributed by atoms with van der Waals surface area (Å²) in [6, 6.07) is 14.5. The second kappa shape index (κ2) is 12.3. The molecule has 174 valence electrons. The molecular weight excluding hydrogens is 402 g/mol. The standard InChI is InChI=1S/C26H37N3O3/c1-5-27-26(28-15-20(3)23-8-6-7-9-24(23)30-4)29-16-22-11-10-19(2)14-25(22)32-18-21-12-13-31-17-21/h6-11,14,20-21H,5,12-13,15-18H2,1-4H3,(H2,27,28,29). The molecule has 2 N–H and O–H groups in total. The molecule has 32 heavy (non-hydrogen) atoms. The fourth-order valence-electron chi connectivity index (χ4n) is 3.79. The Hall–Kier alpha value is -2.73. The van der Waals surface area contributed by atoms with Crippen molar-refractivity contribution in [1.82, 2.24) is 10.6 Å². The topological polar surface area (TPSA) is 64.1 Å². The van der Waals surface area contributed by atoms with E-state index in [0.717, 1.165) is 55.7 Å². The zero-order valence-corrected chi connectivity index (χ0v) is 19.8. The van der Waals surface area contributed by atoms with Gasteiger partial charge in [-0.05, 0) is 43.5 Å². The lowest BCUT2D eigenvalue weighted by Gasteiger charge is -2.18. The van der Waals surface area contributed by atoms with Crippen molar-refractivity contribution in [2.24, 2.45) is 10.9 Å². The number of ether oxygens (including phenoxy) is 3. The minimum Gasteiger partial charge on any atom is -0.496 e. The number of hydrogen-bond acceptors (Lipinski definition) is 4. The van der Waals surface area contributed by atoms with E-state index in [2.05, 4.69) is 55.7 Å². The van der Waals surface area contributed by atoms with E-state index >= 15 is 0 Å². The first-order valence-electron chi connectivity index (χ1n) is 11.6. The summed E-state index contributed by atoms with van der Waals surface area (Å²) in [5.74, 6) is 3.38. The van der Waals surface area contributed by atoms with Gasteiger partial charge in [0.1, 0.15) is 11.5 Å². The highest BCUT2D eigenvalue weighted by Crippen LogP contribution is 2.26. The van der Waals surface area contributed by atoms with Crippen LogP contribution in [0.3, 0.4) is 0 Å². The van der Waals surface area contributed by atoms with Gasteiger partial charge >= 0.3 is 0 Å². The van der Waals surface area contributed by atoms with Crippen LogP contribution in [0.4, 0.5) is 0 Å². The molecule has 1 heterocycles. The zero-order chi connectivity index (χ0) is 22.8. The van der Waals surface area contributed by atoms with E-state index in [4.69, 9.17) is 19.2 Å². The van der Waals surface area contributed by atoms with Crippen molar-refractivity contribution in [3.63, 3.8) is 0 Å². The normalized spacial score (nSPS) is 17.1. The summed E-state index contributed by atoms with van der Waals surface area (Å²) in [4.78, 5) is 4.82. The summed E-state index contributed by atoms with van der Waals surface area (Å²) >= 11 is 0. The molecule has 0 spiro atoms. The van der Waals surface area contributed by atoms with Crippen molar-refractivity contribution in [3.8, 4) is 11.5 Å². The maximum Gasteiger partial charge on any atom is 0.191 e. The predicted molar refractivity (Wildman–Crippen MR) is 130 cm³/mol. The second-order valence-corrected chi connectivity index (χ2v) is 8.37. The molecule has 2 atom stereocenters. The van der Waals surface area contributed by atoms with E-state index in [-0.39, 0.29) is 5.92 Å². The lowest BCUT2D eigenvalue weighted by Crippen LogP contribution is -2.39. The molecule has 1 fully saturated rings. The van der Waals surface area contributed by atoms with Gasteiger partial charge in [-0.25, -0.2) is 4.99 Å². The van der Waals surface area contributed by atoms with Crippen molar-refractivity contribution in [1.29, 1.82) is 0 Å². The van der Waals surface area contributed by atoms with Crippen LogP contribution in [0.15, 0.2) is 47.5 Å². The smallest absolute Gasteiger partial charge is 0.191 e. The zero-order valence-electron chi connectivity index (χ0n) is 19.8. The molecule has 2 aromatic carbocycles. The molecule has 2 unspecified atom stereocenters. The summed E-state index contributed by atoms with van der Waals surface area (Å²) in [6.45, 7) is 10.8. The van der Waals surface area contributed by atoms with E-state index in [9.17, 15) is 0 Å². The molecule has 1 saturated heterocycles. The van der Waals surface area contributed by atoms with Crippen molar-refractivity contribution < 1.29 is 14.2 Å². The molecule has 0 saturated carbocycles. The molecule has 0 radical (unpaired) electrons. The summed E-state index contributed by atoms with van der Waals surface area (Å²) in [7, 11) is 1.71. The minimum absolute atomic E-state index is 0.280. The highest BCUT2D eigenvalue weighted by atomic mass is 16.5. The molecule has 3 rings (SSSR count). The van der Waals surface area contributed by atoms with Crippen LogP contribution in [-0.4, -0.2) is 46.0 Å². The van der Waals surface area contributed by atoms with Gasteiger partial charge in [-0.2, -0.15) is 0 Å². The van der Waals surface area contributed by atoms with E-state index in [0.29, 0.717) is 19.1 Å². The van der Waals surface area contributed by atoms with Crippen LogP contribution in [0.1, 0.15) is 42.9 Å².